The molecule has 0 radical (unpaired) electrons. The number of tetrazole rings is 1. The first kappa shape index (κ1) is 10.9. The van der Waals surface area contributed by atoms with E-state index in [2.05, 4.69) is 20.5 Å². The van der Waals surface area contributed by atoms with Crippen LogP contribution in [0.4, 0.5) is 4.39 Å². The number of pyridine rings is 1. The van der Waals surface area contributed by atoms with Crippen LogP contribution in [0.3, 0.4) is 0 Å². The van der Waals surface area contributed by atoms with Crippen LogP contribution in [0.25, 0.3) is 0 Å². The van der Waals surface area contributed by atoms with Crippen LogP contribution in [0.2, 0.25) is 5.02 Å². The fourth-order valence-corrected chi connectivity index (χ4v) is 2.30. The summed E-state index contributed by atoms with van der Waals surface area (Å²) in [4.78, 5) is 3.92. The zero-order valence-electron chi connectivity index (χ0n) is 8.55. The van der Waals surface area contributed by atoms with E-state index in [4.69, 9.17) is 11.6 Å². The Hall–Kier alpha value is -1.21. The molecule has 0 N–H and O–H groups in total. The summed E-state index contributed by atoms with van der Waals surface area (Å²) in [5, 5.41) is 12.4. The molecule has 5 nitrogen and oxygen atoms in total. The third-order valence-electron chi connectivity index (χ3n) is 2.32. The summed E-state index contributed by atoms with van der Waals surface area (Å²) in [6, 6.07) is 1.57. The van der Waals surface area contributed by atoms with Crippen LogP contribution in [0, 0.1) is 5.82 Å². The van der Waals surface area contributed by atoms with Crippen molar-refractivity contribution in [1.29, 1.82) is 0 Å². The van der Waals surface area contributed by atoms with Crippen molar-refractivity contribution in [3.05, 3.63) is 23.1 Å². The summed E-state index contributed by atoms with van der Waals surface area (Å²) < 4.78 is 15.3. The van der Waals surface area contributed by atoms with E-state index < -0.39 is 5.82 Å². The lowest BCUT2D eigenvalue weighted by atomic mass is 10.5. The first-order valence-electron chi connectivity index (χ1n) is 5.01. The van der Waals surface area contributed by atoms with Crippen molar-refractivity contribution in [3.8, 4) is 0 Å². The second-order valence-electron chi connectivity index (χ2n) is 3.68. The van der Waals surface area contributed by atoms with E-state index in [-0.39, 0.29) is 10.0 Å². The molecular formula is C9H7ClFN5S. The molecule has 0 aliphatic heterocycles. The van der Waals surface area contributed by atoms with Gasteiger partial charge in [-0.1, -0.05) is 11.6 Å². The zero-order chi connectivity index (χ0) is 11.8. The van der Waals surface area contributed by atoms with E-state index in [1.807, 2.05) is 0 Å². The Labute approximate surface area is 105 Å². The van der Waals surface area contributed by atoms with Crippen LogP contribution in [0.5, 0.6) is 0 Å². The van der Waals surface area contributed by atoms with Gasteiger partial charge in [0.15, 0.2) is 5.82 Å². The lowest BCUT2D eigenvalue weighted by Gasteiger charge is -2.02. The lowest BCUT2D eigenvalue weighted by Crippen LogP contribution is -1.99. The predicted octanol–water partition coefficient (Wildman–Crippen LogP) is 2.35. The molecule has 8 heteroatoms. The van der Waals surface area contributed by atoms with Crippen molar-refractivity contribution in [2.45, 2.75) is 29.1 Å². The fourth-order valence-electron chi connectivity index (χ4n) is 1.36. The van der Waals surface area contributed by atoms with E-state index in [0.717, 1.165) is 24.6 Å². The van der Waals surface area contributed by atoms with Crippen LogP contribution in [-0.4, -0.2) is 25.2 Å². The van der Waals surface area contributed by atoms with Crippen molar-refractivity contribution in [1.82, 2.24) is 25.2 Å². The molecule has 3 rings (SSSR count). The van der Waals surface area contributed by atoms with Gasteiger partial charge in [0, 0.05) is 6.20 Å². The molecule has 1 saturated carbocycles. The second kappa shape index (κ2) is 4.23. The van der Waals surface area contributed by atoms with Crippen molar-refractivity contribution in [2.24, 2.45) is 0 Å². The first-order valence-corrected chi connectivity index (χ1v) is 6.20. The Balaban J connectivity index is 1.88. The fraction of sp³-hybridized carbons (Fsp3) is 0.333. The van der Waals surface area contributed by atoms with Crippen LogP contribution in [-0.2, 0) is 0 Å². The molecule has 17 heavy (non-hydrogen) atoms. The molecular weight excluding hydrogens is 265 g/mol. The van der Waals surface area contributed by atoms with E-state index in [1.54, 1.807) is 4.68 Å². The average molecular weight is 272 g/mol. The summed E-state index contributed by atoms with van der Waals surface area (Å²) in [7, 11) is 0. The summed E-state index contributed by atoms with van der Waals surface area (Å²) >= 11 is 6.74. The largest absolute Gasteiger partial charge is 0.245 e. The Morgan fingerprint density at radius 1 is 1.47 bits per heavy atom. The molecule has 0 atom stereocenters. The standard InChI is InChI=1S/C9H7ClFN5S/c10-5-3-7(11)8(12-4-5)17-9-13-14-15-16(9)6-1-2-6/h3-4,6H,1-2H2. The first-order chi connectivity index (χ1) is 8.24. The summed E-state index contributed by atoms with van der Waals surface area (Å²) in [5.41, 5.74) is 0. The van der Waals surface area contributed by atoms with Gasteiger partial charge < -0.3 is 0 Å². The van der Waals surface area contributed by atoms with Crippen molar-refractivity contribution in [3.63, 3.8) is 0 Å². The number of aromatic nitrogens is 5. The monoisotopic (exact) mass is 271 g/mol. The smallest absolute Gasteiger partial charge is 0.215 e. The van der Waals surface area contributed by atoms with E-state index in [0.29, 0.717) is 11.2 Å². The molecule has 1 fully saturated rings. The minimum Gasteiger partial charge on any atom is -0.245 e. The number of nitrogens with zero attached hydrogens (tertiary/aromatic N) is 5. The Morgan fingerprint density at radius 3 is 3.00 bits per heavy atom. The van der Waals surface area contributed by atoms with Crippen molar-refractivity contribution < 1.29 is 4.39 Å². The van der Waals surface area contributed by atoms with Gasteiger partial charge in [0.05, 0.1) is 11.1 Å². The maximum absolute atomic E-state index is 13.5. The Bertz CT molecular complexity index is 556. The van der Waals surface area contributed by atoms with E-state index in [9.17, 15) is 4.39 Å². The maximum atomic E-state index is 13.5. The highest BCUT2D eigenvalue weighted by molar-refractivity contribution is 7.99. The Kier molecular flexibility index (Phi) is 2.71. The SMILES string of the molecule is Fc1cc(Cl)cnc1Sc1nnnn1C1CC1. The number of halogens is 2. The van der Waals surface area contributed by atoms with Crippen molar-refractivity contribution in [2.75, 3.05) is 0 Å². The predicted molar refractivity (Wildman–Crippen MR) is 59.4 cm³/mol. The topological polar surface area (TPSA) is 56.5 Å². The van der Waals surface area contributed by atoms with Gasteiger partial charge in [-0.2, -0.15) is 0 Å². The van der Waals surface area contributed by atoms with Gasteiger partial charge in [-0.25, -0.2) is 14.1 Å². The van der Waals surface area contributed by atoms with Crippen LogP contribution in [0.1, 0.15) is 18.9 Å². The van der Waals surface area contributed by atoms with Gasteiger partial charge in [-0.05, 0) is 41.1 Å². The lowest BCUT2D eigenvalue weighted by molar-refractivity contribution is 0.561. The van der Waals surface area contributed by atoms with E-state index in [1.165, 1.54) is 12.3 Å². The summed E-state index contributed by atoms with van der Waals surface area (Å²) in [5.74, 6) is -0.465. The molecule has 0 spiro atoms. The molecule has 1 aliphatic carbocycles. The Morgan fingerprint density at radius 2 is 2.29 bits per heavy atom. The van der Waals surface area contributed by atoms with E-state index >= 15 is 0 Å². The van der Waals surface area contributed by atoms with Crippen LogP contribution in [0.15, 0.2) is 22.4 Å². The normalized spacial score (nSPS) is 15.2. The minimum atomic E-state index is -0.465. The number of rotatable bonds is 3. The maximum Gasteiger partial charge on any atom is 0.215 e. The molecule has 0 bridgehead atoms. The molecule has 2 heterocycles. The average Bonchev–Trinajstić information content (AvgIpc) is 3.03. The quantitative estimate of drug-likeness (QED) is 0.858. The minimum absolute atomic E-state index is 0.228. The molecule has 2 aromatic rings. The molecule has 0 amide bonds. The van der Waals surface area contributed by atoms with Crippen LogP contribution >= 0.6 is 23.4 Å². The molecule has 0 aromatic carbocycles. The highest BCUT2D eigenvalue weighted by atomic mass is 35.5. The van der Waals surface area contributed by atoms with Gasteiger partial charge in [0.1, 0.15) is 5.03 Å². The molecule has 1 aliphatic rings. The van der Waals surface area contributed by atoms with Crippen molar-refractivity contribution >= 4 is 23.4 Å². The molecule has 2 aromatic heterocycles. The summed E-state index contributed by atoms with van der Waals surface area (Å²) in [6.45, 7) is 0. The number of hydrogen-bond donors (Lipinski definition) is 0. The third-order valence-corrected chi connectivity index (χ3v) is 3.47. The van der Waals surface area contributed by atoms with Gasteiger partial charge in [-0.15, -0.1) is 5.10 Å². The molecule has 0 unspecified atom stereocenters. The van der Waals surface area contributed by atoms with Gasteiger partial charge in [-0.3, -0.25) is 0 Å². The zero-order valence-corrected chi connectivity index (χ0v) is 10.1. The number of hydrogen-bond acceptors (Lipinski definition) is 5. The second-order valence-corrected chi connectivity index (χ2v) is 5.07. The third kappa shape index (κ3) is 2.25. The highest BCUT2D eigenvalue weighted by Gasteiger charge is 2.28. The summed E-state index contributed by atoms with van der Waals surface area (Å²) in [6.07, 6.45) is 3.53. The van der Waals surface area contributed by atoms with Gasteiger partial charge in [0.25, 0.3) is 0 Å². The van der Waals surface area contributed by atoms with Crippen LogP contribution < -0.4 is 0 Å². The highest BCUT2D eigenvalue weighted by Crippen LogP contribution is 2.38. The molecule has 0 saturated heterocycles. The molecule has 88 valence electrons. The van der Waals surface area contributed by atoms with Gasteiger partial charge >= 0.3 is 0 Å². The van der Waals surface area contributed by atoms with Gasteiger partial charge in [0.2, 0.25) is 5.16 Å².